The van der Waals surface area contributed by atoms with Crippen molar-refractivity contribution >= 4 is 5.97 Å². The van der Waals surface area contributed by atoms with Gasteiger partial charge < -0.3 is 19.1 Å². The zero-order chi connectivity index (χ0) is 15.0. The molecular formula is C14H12N2O5. The molecule has 1 aromatic carbocycles. The van der Waals surface area contributed by atoms with E-state index < -0.39 is 12.1 Å². The second-order valence-corrected chi connectivity index (χ2v) is 4.67. The van der Waals surface area contributed by atoms with Gasteiger partial charge in [0.2, 0.25) is 0 Å². The lowest BCUT2D eigenvalue weighted by Gasteiger charge is -2.07. The van der Waals surface area contributed by atoms with Gasteiger partial charge in [-0.3, -0.25) is 4.79 Å². The second kappa shape index (κ2) is 4.93. The summed E-state index contributed by atoms with van der Waals surface area (Å²) in [5.74, 6) is -0.233. The van der Waals surface area contributed by atoms with Crippen LogP contribution in [0.5, 0.6) is 17.4 Å². The van der Waals surface area contributed by atoms with Gasteiger partial charge in [0.05, 0.1) is 0 Å². The van der Waals surface area contributed by atoms with Crippen molar-refractivity contribution in [1.82, 2.24) is 9.55 Å². The molecule has 1 aliphatic rings. The molecule has 1 aliphatic heterocycles. The van der Waals surface area contributed by atoms with E-state index in [1.165, 1.54) is 17.0 Å². The van der Waals surface area contributed by atoms with Crippen molar-refractivity contribution < 1.29 is 19.4 Å². The molecule has 3 rings (SSSR count). The maximum absolute atomic E-state index is 11.8. The van der Waals surface area contributed by atoms with Crippen LogP contribution in [0, 0.1) is 0 Å². The normalized spacial score (nSPS) is 16.1. The van der Waals surface area contributed by atoms with Crippen LogP contribution in [0.15, 0.2) is 35.4 Å². The predicted octanol–water partition coefficient (Wildman–Crippen LogP) is 0.961. The number of aromatic nitrogens is 2. The van der Waals surface area contributed by atoms with Gasteiger partial charge in [-0.15, -0.1) is 0 Å². The quantitative estimate of drug-likeness (QED) is 0.904. The van der Waals surface area contributed by atoms with Crippen molar-refractivity contribution in [2.75, 3.05) is 0 Å². The first-order chi connectivity index (χ1) is 10.0. The summed E-state index contributed by atoms with van der Waals surface area (Å²) in [7, 11) is 1.60. The molecule has 0 bridgehead atoms. The molecule has 21 heavy (non-hydrogen) atoms. The van der Waals surface area contributed by atoms with E-state index in [-0.39, 0.29) is 11.4 Å². The third-order valence-electron chi connectivity index (χ3n) is 3.19. The summed E-state index contributed by atoms with van der Waals surface area (Å²) in [6.07, 6.45) is 2.42. The number of hydrogen-bond acceptors (Lipinski definition) is 5. The van der Waals surface area contributed by atoms with Crippen LogP contribution in [0.1, 0.15) is 5.56 Å². The third-order valence-corrected chi connectivity index (χ3v) is 3.19. The van der Waals surface area contributed by atoms with Crippen LogP contribution in [0.25, 0.3) is 0 Å². The Morgan fingerprint density at radius 3 is 3.10 bits per heavy atom. The Morgan fingerprint density at radius 2 is 2.33 bits per heavy atom. The summed E-state index contributed by atoms with van der Waals surface area (Å²) >= 11 is 0. The van der Waals surface area contributed by atoms with E-state index in [0.29, 0.717) is 17.9 Å². The summed E-state index contributed by atoms with van der Waals surface area (Å²) in [4.78, 5) is 26.6. The van der Waals surface area contributed by atoms with Gasteiger partial charge in [-0.25, -0.2) is 9.78 Å². The Morgan fingerprint density at radius 1 is 1.52 bits per heavy atom. The SMILES string of the molecule is Cn1ccnc(Oc2ccc3c(c2)OC(C(=O)O)C3)c1=O. The van der Waals surface area contributed by atoms with Crippen LogP contribution < -0.4 is 15.0 Å². The van der Waals surface area contributed by atoms with E-state index in [1.807, 2.05) is 0 Å². The van der Waals surface area contributed by atoms with Crippen LogP contribution in [-0.4, -0.2) is 26.7 Å². The van der Waals surface area contributed by atoms with Gasteiger partial charge in [0, 0.05) is 31.9 Å². The lowest BCUT2D eigenvalue weighted by atomic mass is 10.1. The first-order valence-electron chi connectivity index (χ1n) is 6.26. The number of aliphatic carboxylic acids is 1. The minimum Gasteiger partial charge on any atom is -0.478 e. The summed E-state index contributed by atoms with van der Waals surface area (Å²) in [5.41, 5.74) is 0.436. The number of rotatable bonds is 3. The summed E-state index contributed by atoms with van der Waals surface area (Å²) in [6.45, 7) is 0. The van der Waals surface area contributed by atoms with E-state index >= 15 is 0 Å². The van der Waals surface area contributed by atoms with Gasteiger partial charge in [-0.05, 0) is 11.6 Å². The van der Waals surface area contributed by atoms with Crippen molar-refractivity contribution in [2.45, 2.75) is 12.5 Å². The Labute approximate surface area is 119 Å². The van der Waals surface area contributed by atoms with E-state index in [1.54, 1.807) is 25.2 Å². The largest absolute Gasteiger partial charge is 0.478 e. The molecule has 2 heterocycles. The Balaban J connectivity index is 1.86. The van der Waals surface area contributed by atoms with E-state index in [0.717, 1.165) is 5.56 Å². The van der Waals surface area contributed by atoms with Gasteiger partial charge in [0.15, 0.2) is 6.10 Å². The highest BCUT2D eigenvalue weighted by molar-refractivity contribution is 5.74. The van der Waals surface area contributed by atoms with Gasteiger partial charge >= 0.3 is 11.5 Å². The Kier molecular flexibility index (Phi) is 3.09. The topological polar surface area (TPSA) is 90.7 Å². The second-order valence-electron chi connectivity index (χ2n) is 4.67. The van der Waals surface area contributed by atoms with Crippen LogP contribution in [0.4, 0.5) is 0 Å². The number of nitrogens with zero attached hydrogens (tertiary/aromatic N) is 2. The van der Waals surface area contributed by atoms with Crippen LogP contribution in [0.3, 0.4) is 0 Å². The molecule has 108 valence electrons. The fourth-order valence-corrected chi connectivity index (χ4v) is 2.07. The number of fused-ring (bicyclic) bond motifs is 1. The van der Waals surface area contributed by atoms with Crippen molar-refractivity contribution in [3.05, 3.63) is 46.5 Å². The number of carboxylic acids is 1. The van der Waals surface area contributed by atoms with Crippen molar-refractivity contribution in [1.29, 1.82) is 0 Å². The number of benzene rings is 1. The highest BCUT2D eigenvalue weighted by Gasteiger charge is 2.29. The molecule has 7 heteroatoms. The number of carboxylic acid groups (broad SMARTS) is 1. The standard InChI is InChI=1S/C14H12N2O5/c1-16-5-4-15-12(13(16)17)20-9-3-2-8-6-11(14(18)19)21-10(8)7-9/h2-5,7,11H,6H2,1H3,(H,18,19). The summed E-state index contributed by atoms with van der Waals surface area (Å²) in [5, 5.41) is 8.95. The molecule has 0 fully saturated rings. The number of hydrogen-bond donors (Lipinski definition) is 1. The van der Waals surface area contributed by atoms with Crippen LogP contribution >= 0.6 is 0 Å². The molecule has 0 amide bonds. The molecule has 0 saturated carbocycles. The molecule has 0 spiro atoms. The zero-order valence-corrected chi connectivity index (χ0v) is 11.1. The molecule has 1 N–H and O–H groups in total. The molecule has 7 nitrogen and oxygen atoms in total. The molecule has 0 saturated heterocycles. The number of ether oxygens (including phenoxy) is 2. The molecule has 1 aromatic heterocycles. The lowest BCUT2D eigenvalue weighted by molar-refractivity contribution is -0.144. The fraction of sp³-hybridized carbons (Fsp3) is 0.214. The molecule has 0 radical (unpaired) electrons. The van der Waals surface area contributed by atoms with Gasteiger partial charge in [0.1, 0.15) is 11.5 Å². The van der Waals surface area contributed by atoms with Crippen molar-refractivity contribution in [3.63, 3.8) is 0 Å². The average Bonchev–Trinajstić information content (AvgIpc) is 2.87. The maximum atomic E-state index is 11.8. The summed E-state index contributed by atoms with van der Waals surface area (Å²) < 4.78 is 12.1. The predicted molar refractivity (Wildman–Crippen MR) is 71.7 cm³/mol. The number of aryl methyl sites for hydroxylation is 1. The average molecular weight is 288 g/mol. The highest BCUT2D eigenvalue weighted by Crippen LogP contribution is 2.33. The smallest absolute Gasteiger partial charge is 0.345 e. The summed E-state index contributed by atoms with van der Waals surface area (Å²) in [6, 6.07) is 4.94. The molecular weight excluding hydrogens is 276 g/mol. The Bertz CT molecular complexity index is 768. The minimum atomic E-state index is -1.01. The maximum Gasteiger partial charge on any atom is 0.345 e. The Hall–Kier alpha value is -2.83. The van der Waals surface area contributed by atoms with Gasteiger partial charge in [0.25, 0.3) is 5.88 Å². The van der Waals surface area contributed by atoms with Gasteiger partial charge in [-0.1, -0.05) is 6.07 Å². The van der Waals surface area contributed by atoms with Crippen molar-refractivity contribution in [2.24, 2.45) is 7.05 Å². The lowest BCUT2D eigenvalue weighted by Crippen LogP contribution is -2.24. The first-order valence-corrected chi connectivity index (χ1v) is 6.26. The first kappa shape index (κ1) is 13.2. The van der Waals surface area contributed by atoms with Crippen molar-refractivity contribution in [3.8, 4) is 17.4 Å². The molecule has 2 aromatic rings. The fourth-order valence-electron chi connectivity index (χ4n) is 2.07. The minimum absolute atomic E-state index is 0.0484. The zero-order valence-electron chi connectivity index (χ0n) is 11.1. The third kappa shape index (κ3) is 2.45. The van der Waals surface area contributed by atoms with Crippen LogP contribution in [0.2, 0.25) is 0 Å². The molecule has 1 unspecified atom stereocenters. The van der Waals surface area contributed by atoms with Crippen LogP contribution in [-0.2, 0) is 18.3 Å². The molecule has 0 aliphatic carbocycles. The van der Waals surface area contributed by atoms with Gasteiger partial charge in [-0.2, -0.15) is 0 Å². The number of carbonyl (C=O) groups is 1. The molecule has 1 atom stereocenters. The monoisotopic (exact) mass is 288 g/mol. The van der Waals surface area contributed by atoms with E-state index in [4.69, 9.17) is 14.6 Å². The van der Waals surface area contributed by atoms with E-state index in [2.05, 4.69) is 4.98 Å². The highest BCUT2D eigenvalue weighted by atomic mass is 16.5. The van der Waals surface area contributed by atoms with E-state index in [9.17, 15) is 9.59 Å².